The van der Waals surface area contributed by atoms with Crippen molar-refractivity contribution in [1.82, 2.24) is 14.9 Å². The second kappa shape index (κ2) is 5.33. The van der Waals surface area contributed by atoms with E-state index in [1.165, 1.54) is 16.8 Å². The summed E-state index contributed by atoms with van der Waals surface area (Å²) in [5.41, 5.74) is 5.08. The first-order chi connectivity index (χ1) is 9.63. The first kappa shape index (κ1) is 13.3. The molecule has 1 aliphatic rings. The van der Waals surface area contributed by atoms with Crippen LogP contribution in [0.15, 0.2) is 30.3 Å². The topological polar surface area (TPSA) is 29.0 Å². The number of nitrogens with zero attached hydrogens (tertiary/aromatic N) is 3. The van der Waals surface area contributed by atoms with Crippen LogP contribution in [0.5, 0.6) is 0 Å². The lowest BCUT2D eigenvalue weighted by Crippen LogP contribution is -2.34. The van der Waals surface area contributed by atoms with Gasteiger partial charge in [-0.1, -0.05) is 37.3 Å². The molecule has 0 saturated heterocycles. The minimum absolute atomic E-state index is 0.475. The van der Waals surface area contributed by atoms with Gasteiger partial charge in [0.1, 0.15) is 5.82 Å². The van der Waals surface area contributed by atoms with Crippen molar-refractivity contribution in [1.29, 1.82) is 0 Å². The molecule has 1 aliphatic heterocycles. The molecule has 1 atom stereocenters. The molecular formula is C17H21N3. The maximum atomic E-state index is 4.66. The third-order valence-corrected chi connectivity index (χ3v) is 3.99. The molecule has 0 aliphatic carbocycles. The zero-order valence-corrected chi connectivity index (χ0v) is 12.4. The van der Waals surface area contributed by atoms with Crippen LogP contribution >= 0.6 is 0 Å². The monoisotopic (exact) mass is 267 g/mol. The molecule has 2 aromatic rings. The normalized spacial score (nSPS) is 18.9. The van der Waals surface area contributed by atoms with Gasteiger partial charge < -0.3 is 0 Å². The first-order valence-corrected chi connectivity index (χ1v) is 7.24. The van der Waals surface area contributed by atoms with Crippen molar-refractivity contribution in [3.63, 3.8) is 0 Å². The molecule has 0 bridgehead atoms. The number of hydrogen-bond acceptors (Lipinski definition) is 3. The van der Waals surface area contributed by atoms with Gasteiger partial charge in [0, 0.05) is 36.8 Å². The van der Waals surface area contributed by atoms with Crippen LogP contribution in [0.3, 0.4) is 0 Å². The molecule has 0 saturated carbocycles. The highest BCUT2D eigenvalue weighted by Crippen LogP contribution is 2.28. The largest absolute Gasteiger partial charge is 0.294 e. The molecule has 0 amide bonds. The van der Waals surface area contributed by atoms with Crippen molar-refractivity contribution >= 4 is 0 Å². The van der Waals surface area contributed by atoms with E-state index in [1.54, 1.807) is 0 Å². The molecule has 1 aromatic heterocycles. The van der Waals surface area contributed by atoms with E-state index in [-0.39, 0.29) is 0 Å². The maximum absolute atomic E-state index is 4.66. The van der Waals surface area contributed by atoms with Crippen LogP contribution in [-0.4, -0.2) is 21.4 Å². The zero-order chi connectivity index (χ0) is 14.1. The number of hydrogen-bond donors (Lipinski definition) is 0. The minimum Gasteiger partial charge on any atom is -0.294 e. The average Bonchev–Trinajstić information content (AvgIpc) is 2.41. The van der Waals surface area contributed by atoms with Gasteiger partial charge in [-0.3, -0.25) is 4.90 Å². The predicted molar refractivity (Wildman–Crippen MR) is 80.5 cm³/mol. The SMILES string of the molecule is Cc1nc(C)c2c(n1)C(C)CN(Cc1ccccc1)C2. The van der Waals surface area contributed by atoms with E-state index in [4.69, 9.17) is 0 Å². The first-order valence-electron chi connectivity index (χ1n) is 7.24. The molecule has 0 radical (unpaired) electrons. The Labute approximate surface area is 120 Å². The molecule has 2 heterocycles. The summed E-state index contributed by atoms with van der Waals surface area (Å²) in [6, 6.07) is 10.7. The van der Waals surface area contributed by atoms with E-state index in [9.17, 15) is 0 Å². The van der Waals surface area contributed by atoms with Gasteiger partial charge in [0.15, 0.2) is 0 Å². The van der Waals surface area contributed by atoms with E-state index < -0.39 is 0 Å². The molecule has 3 heteroatoms. The van der Waals surface area contributed by atoms with Crippen molar-refractivity contribution in [3.05, 3.63) is 58.7 Å². The highest BCUT2D eigenvalue weighted by Gasteiger charge is 2.25. The van der Waals surface area contributed by atoms with Gasteiger partial charge in [0.05, 0.1) is 5.69 Å². The molecule has 3 rings (SSSR count). The summed E-state index contributed by atoms with van der Waals surface area (Å²) in [7, 11) is 0. The van der Waals surface area contributed by atoms with Crippen LogP contribution < -0.4 is 0 Å². The predicted octanol–water partition coefficient (Wildman–Crippen LogP) is 3.21. The van der Waals surface area contributed by atoms with Gasteiger partial charge in [0.25, 0.3) is 0 Å². The lowest BCUT2D eigenvalue weighted by molar-refractivity contribution is 0.222. The van der Waals surface area contributed by atoms with E-state index in [1.807, 2.05) is 6.92 Å². The van der Waals surface area contributed by atoms with Crippen LogP contribution in [0.1, 0.15) is 41.2 Å². The molecule has 3 nitrogen and oxygen atoms in total. The summed E-state index contributed by atoms with van der Waals surface area (Å²) in [6.07, 6.45) is 0. The Morgan fingerprint density at radius 1 is 1.15 bits per heavy atom. The second-order valence-electron chi connectivity index (χ2n) is 5.78. The van der Waals surface area contributed by atoms with Crippen LogP contribution in [-0.2, 0) is 13.1 Å². The molecular weight excluding hydrogens is 246 g/mol. The highest BCUT2D eigenvalue weighted by atomic mass is 15.1. The van der Waals surface area contributed by atoms with Crippen LogP contribution in [0.25, 0.3) is 0 Å². The van der Waals surface area contributed by atoms with E-state index in [0.29, 0.717) is 5.92 Å². The van der Waals surface area contributed by atoms with Crippen molar-refractivity contribution in [2.45, 2.75) is 39.8 Å². The van der Waals surface area contributed by atoms with E-state index >= 15 is 0 Å². The summed E-state index contributed by atoms with van der Waals surface area (Å²) < 4.78 is 0. The third kappa shape index (κ3) is 2.59. The second-order valence-corrected chi connectivity index (χ2v) is 5.78. The average molecular weight is 267 g/mol. The molecule has 0 N–H and O–H groups in total. The number of rotatable bonds is 2. The van der Waals surface area contributed by atoms with Gasteiger partial charge in [-0.15, -0.1) is 0 Å². The van der Waals surface area contributed by atoms with Crippen molar-refractivity contribution in [2.75, 3.05) is 6.54 Å². The summed E-state index contributed by atoms with van der Waals surface area (Å²) in [4.78, 5) is 11.7. The summed E-state index contributed by atoms with van der Waals surface area (Å²) >= 11 is 0. The fourth-order valence-corrected chi connectivity index (χ4v) is 3.09. The van der Waals surface area contributed by atoms with Crippen molar-refractivity contribution in [3.8, 4) is 0 Å². The lowest BCUT2D eigenvalue weighted by Gasteiger charge is -2.33. The highest BCUT2D eigenvalue weighted by molar-refractivity contribution is 5.30. The van der Waals surface area contributed by atoms with E-state index in [0.717, 1.165) is 31.2 Å². The number of benzene rings is 1. The fourth-order valence-electron chi connectivity index (χ4n) is 3.09. The van der Waals surface area contributed by atoms with Crippen LogP contribution in [0.2, 0.25) is 0 Å². The molecule has 1 unspecified atom stereocenters. The summed E-state index contributed by atoms with van der Waals surface area (Å²) in [5.74, 6) is 1.37. The maximum Gasteiger partial charge on any atom is 0.125 e. The Bertz CT molecular complexity index is 607. The molecule has 1 aromatic carbocycles. The summed E-state index contributed by atoms with van der Waals surface area (Å²) in [5, 5.41) is 0. The Kier molecular flexibility index (Phi) is 3.53. The van der Waals surface area contributed by atoms with Crippen molar-refractivity contribution < 1.29 is 0 Å². The zero-order valence-electron chi connectivity index (χ0n) is 12.4. The molecule has 0 fully saturated rings. The van der Waals surface area contributed by atoms with Crippen molar-refractivity contribution in [2.24, 2.45) is 0 Å². The van der Waals surface area contributed by atoms with Gasteiger partial charge in [0.2, 0.25) is 0 Å². The molecule has 104 valence electrons. The smallest absolute Gasteiger partial charge is 0.125 e. The number of aryl methyl sites for hydroxylation is 2. The van der Waals surface area contributed by atoms with Gasteiger partial charge in [-0.2, -0.15) is 0 Å². The quantitative estimate of drug-likeness (QED) is 0.836. The Hall–Kier alpha value is -1.74. The van der Waals surface area contributed by atoms with Gasteiger partial charge in [-0.05, 0) is 19.4 Å². The summed E-state index contributed by atoms with van der Waals surface area (Å²) in [6.45, 7) is 9.38. The minimum atomic E-state index is 0.475. The van der Waals surface area contributed by atoms with Crippen LogP contribution in [0, 0.1) is 13.8 Å². The van der Waals surface area contributed by atoms with E-state index in [2.05, 4.69) is 59.0 Å². The lowest BCUT2D eigenvalue weighted by atomic mass is 9.95. The Balaban J connectivity index is 1.85. The Morgan fingerprint density at radius 3 is 2.65 bits per heavy atom. The molecule has 20 heavy (non-hydrogen) atoms. The van der Waals surface area contributed by atoms with Gasteiger partial charge >= 0.3 is 0 Å². The standard InChI is InChI=1S/C17H21N3/c1-12-9-20(10-15-7-5-4-6-8-15)11-16-13(2)18-14(3)19-17(12)16/h4-8,12H,9-11H2,1-3H3. The third-order valence-electron chi connectivity index (χ3n) is 3.99. The van der Waals surface area contributed by atoms with Gasteiger partial charge in [-0.25, -0.2) is 9.97 Å². The fraction of sp³-hybridized carbons (Fsp3) is 0.412. The number of fused-ring (bicyclic) bond motifs is 1. The number of aromatic nitrogens is 2. The Morgan fingerprint density at radius 2 is 1.90 bits per heavy atom. The van der Waals surface area contributed by atoms with Crippen LogP contribution in [0.4, 0.5) is 0 Å². The molecule has 0 spiro atoms.